The summed E-state index contributed by atoms with van der Waals surface area (Å²) in [5.74, 6) is 0. The van der Waals surface area contributed by atoms with Crippen molar-refractivity contribution in [3.05, 3.63) is 34.9 Å². The topological polar surface area (TPSA) is 32.3 Å². The third-order valence-electron chi connectivity index (χ3n) is 4.60. The quantitative estimate of drug-likeness (QED) is 0.870. The first kappa shape index (κ1) is 14.5. The van der Waals surface area contributed by atoms with Gasteiger partial charge in [-0.1, -0.05) is 25.1 Å². The summed E-state index contributed by atoms with van der Waals surface area (Å²) >= 11 is 0. The maximum Gasteiger partial charge on any atom is 0.0900 e. The van der Waals surface area contributed by atoms with Crippen LogP contribution in [0.1, 0.15) is 55.7 Å². The minimum Gasteiger partial charge on any atom is -0.385 e. The predicted molar refractivity (Wildman–Crippen MR) is 80.4 cm³/mol. The molecule has 1 saturated carbocycles. The van der Waals surface area contributed by atoms with E-state index in [4.69, 9.17) is 0 Å². The molecule has 0 heterocycles. The second-order valence-corrected chi connectivity index (χ2v) is 6.01. The van der Waals surface area contributed by atoms with Crippen LogP contribution in [0, 0.1) is 13.8 Å². The summed E-state index contributed by atoms with van der Waals surface area (Å²) in [6.07, 6.45) is 5.07. The Morgan fingerprint density at radius 3 is 2.58 bits per heavy atom. The molecule has 0 bridgehead atoms. The zero-order valence-corrected chi connectivity index (χ0v) is 12.5. The van der Waals surface area contributed by atoms with E-state index < -0.39 is 5.60 Å². The highest BCUT2D eigenvalue weighted by atomic mass is 16.3. The Morgan fingerprint density at radius 1 is 1.26 bits per heavy atom. The molecule has 0 spiro atoms. The standard InChI is InChI=1S/C17H27NO/c1-4-12-18-15-8-10-17(19,11-9-15)16-7-5-6-13(2)14(16)3/h5-7,15,18-19H,4,8-12H2,1-3H3. The highest BCUT2D eigenvalue weighted by Crippen LogP contribution is 2.39. The number of aliphatic hydroxyl groups is 1. The summed E-state index contributed by atoms with van der Waals surface area (Å²) in [6, 6.07) is 6.88. The maximum atomic E-state index is 11.0. The minimum absolute atomic E-state index is 0.588. The summed E-state index contributed by atoms with van der Waals surface area (Å²) in [5, 5.41) is 14.5. The molecule has 0 amide bonds. The lowest BCUT2D eigenvalue weighted by molar-refractivity contribution is -0.00884. The van der Waals surface area contributed by atoms with Crippen molar-refractivity contribution in [2.75, 3.05) is 6.54 Å². The summed E-state index contributed by atoms with van der Waals surface area (Å²) in [5.41, 5.74) is 3.06. The van der Waals surface area contributed by atoms with Crippen LogP contribution >= 0.6 is 0 Å². The van der Waals surface area contributed by atoms with Gasteiger partial charge < -0.3 is 10.4 Å². The molecule has 0 atom stereocenters. The Labute approximate surface area is 117 Å². The van der Waals surface area contributed by atoms with Gasteiger partial charge in [-0.15, -0.1) is 0 Å². The molecule has 1 aromatic carbocycles. The van der Waals surface area contributed by atoms with Crippen molar-refractivity contribution in [2.45, 2.75) is 64.5 Å². The highest BCUT2D eigenvalue weighted by Gasteiger charge is 2.35. The van der Waals surface area contributed by atoms with Gasteiger partial charge in [-0.3, -0.25) is 0 Å². The zero-order valence-electron chi connectivity index (χ0n) is 12.5. The molecule has 1 aliphatic rings. The van der Waals surface area contributed by atoms with Crippen LogP contribution in [0.25, 0.3) is 0 Å². The smallest absolute Gasteiger partial charge is 0.0900 e. The number of benzene rings is 1. The van der Waals surface area contributed by atoms with Crippen molar-refractivity contribution in [3.63, 3.8) is 0 Å². The Bertz CT molecular complexity index is 419. The molecule has 106 valence electrons. The van der Waals surface area contributed by atoms with Gasteiger partial charge in [0.15, 0.2) is 0 Å². The van der Waals surface area contributed by atoms with Gasteiger partial charge >= 0.3 is 0 Å². The second-order valence-electron chi connectivity index (χ2n) is 6.01. The largest absolute Gasteiger partial charge is 0.385 e. The third-order valence-corrected chi connectivity index (χ3v) is 4.60. The summed E-state index contributed by atoms with van der Waals surface area (Å²) in [7, 11) is 0. The molecular formula is C17H27NO. The maximum absolute atomic E-state index is 11.0. The number of rotatable bonds is 4. The van der Waals surface area contributed by atoms with E-state index in [1.54, 1.807) is 0 Å². The Balaban J connectivity index is 2.07. The fraction of sp³-hybridized carbons (Fsp3) is 0.647. The fourth-order valence-corrected chi connectivity index (χ4v) is 3.17. The van der Waals surface area contributed by atoms with E-state index in [-0.39, 0.29) is 0 Å². The highest BCUT2D eigenvalue weighted by molar-refractivity contribution is 5.37. The van der Waals surface area contributed by atoms with E-state index in [2.05, 4.69) is 44.3 Å². The van der Waals surface area contributed by atoms with Crippen LogP contribution in [0.2, 0.25) is 0 Å². The molecule has 2 heteroatoms. The van der Waals surface area contributed by atoms with E-state index in [0.717, 1.165) is 37.8 Å². The molecule has 1 fully saturated rings. The second kappa shape index (κ2) is 6.06. The van der Waals surface area contributed by atoms with Gasteiger partial charge in [0.2, 0.25) is 0 Å². The molecule has 0 radical (unpaired) electrons. The molecule has 2 N–H and O–H groups in total. The van der Waals surface area contributed by atoms with Gasteiger partial charge in [-0.25, -0.2) is 0 Å². The van der Waals surface area contributed by atoms with E-state index in [1.165, 1.54) is 17.5 Å². The van der Waals surface area contributed by atoms with E-state index in [9.17, 15) is 5.11 Å². The van der Waals surface area contributed by atoms with E-state index >= 15 is 0 Å². The molecule has 2 nitrogen and oxygen atoms in total. The number of nitrogens with one attached hydrogen (secondary N) is 1. The van der Waals surface area contributed by atoms with Crippen molar-refractivity contribution in [3.8, 4) is 0 Å². The van der Waals surface area contributed by atoms with Gasteiger partial charge in [-0.2, -0.15) is 0 Å². The lowest BCUT2D eigenvalue weighted by atomic mass is 9.76. The van der Waals surface area contributed by atoms with E-state index in [0.29, 0.717) is 6.04 Å². The Hall–Kier alpha value is -0.860. The molecular weight excluding hydrogens is 234 g/mol. The summed E-state index contributed by atoms with van der Waals surface area (Å²) < 4.78 is 0. The van der Waals surface area contributed by atoms with Gasteiger partial charge in [0.05, 0.1) is 5.60 Å². The molecule has 0 aromatic heterocycles. The van der Waals surface area contributed by atoms with Crippen molar-refractivity contribution in [2.24, 2.45) is 0 Å². The average molecular weight is 261 g/mol. The van der Waals surface area contributed by atoms with Gasteiger partial charge in [0.25, 0.3) is 0 Å². The van der Waals surface area contributed by atoms with Crippen LogP contribution in [-0.2, 0) is 5.60 Å². The van der Waals surface area contributed by atoms with Crippen molar-refractivity contribution < 1.29 is 5.11 Å². The van der Waals surface area contributed by atoms with Crippen molar-refractivity contribution in [1.82, 2.24) is 5.32 Å². The number of aryl methyl sites for hydroxylation is 1. The van der Waals surface area contributed by atoms with Crippen LogP contribution in [0.4, 0.5) is 0 Å². The lowest BCUT2D eigenvalue weighted by Gasteiger charge is -2.38. The number of hydrogen-bond donors (Lipinski definition) is 2. The zero-order chi connectivity index (χ0) is 13.9. The third kappa shape index (κ3) is 3.18. The molecule has 2 rings (SSSR count). The van der Waals surface area contributed by atoms with Gasteiger partial charge in [0.1, 0.15) is 0 Å². The van der Waals surface area contributed by atoms with Crippen LogP contribution in [0.5, 0.6) is 0 Å². The van der Waals surface area contributed by atoms with Crippen LogP contribution in [0.15, 0.2) is 18.2 Å². The monoisotopic (exact) mass is 261 g/mol. The van der Waals surface area contributed by atoms with Crippen LogP contribution in [-0.4, -0.2) is 17.7 Å². The first-order chi connectivity index (χ1) is 9.07. The molecule has 1 aliphatic carbocycles. The van der Waals surface area contributed by atoms with Gasteiger partial charge in [0, 0.05) is 6.04 Å². The molecule has 19 heavy (non-hydrogen) atoms. The summed E-state index contributed by atoms with van der Waals surface area (Å²) in [4.78, 5) is 0. The van der Waals surface area contributed by atoms with Gasteiger partial charge in [-0.05, 0) is 69.2 Å². The molecule has 0 unspecified atom stereocenters. The van der Waals surface area contributed by atoms with Crippen molar-refractivity contribution in [1.29, 1.82) is 0 Å². The molecule has 0 saturated heterocycles. The molecule has 1 aromatic rings. The average Bonchev–Trinajstić information content (AvgIpc) is 2.41. The fourth-order valence-electron chi connectivity index (χ4n) is 3.17. The predicted octanol–water partition coefficient (Wildman–Crippen LogP) is 3.43. The van der Waals surface area contributed by atoms with Crippen LogP contribution in [0.3, 0.4) is 0 Å². The Kier molecular flexibility index (Phi) is 4.64. The first-order valence-corrected chi connectivity index (χ1v) is 7.59. The SMILES string of the molecule is CCCNC1CCC(O)(c2cccc(C)c2C)CC1. The summed E-state index contributed by atoms with van der Waals surface area (Å²) in [6.45, 7) is 7.54. The molecule has 0 aliphatic heterocycles. The lowest BCUT2D eigenvalue weighted by Crippen LogP contribution is -2.40. The minimum atomic E-state index is -0.611. The normalized spacial score (nSPS) is 27.5. The number of hydrogen-bond acceptors (Lipinski definition) is 2. The van der Waals surface area contributed by atoms with E-state index in [1.807, 2.05) is 0 Å². The van der Waals surface area contributed by atoms with Crippen molar-refractivity contribution >= 4 is 0 Å². The van der Waals surface area contributed by atoms with Crippen LogP contribution < -0.4 is 5.32 Å². The first-order valence-electron chi connectivity index (χ1n) is 7.59. The Morgan fingerprint density at radius 2 is 1.95 bits per heavy atom.